The van der Waals surface area contributed by atoms with Gasteiger partial charge in [0.05, 0.1) is 17.4 Å². The van der Waals surface area contributed by atoms with Crippen LogP contribution in [0.2, 0.25) is 0 Å². The Morgan fingerprint density at radius 3 is 2.55 bits per heavy atom. The number of carbonyl (C=O) groups excluding carboxylic acids is 2. The molecule has 0 atom stereocenters. The number of para-hydroxylation sites is 1. The van der Waals surface area contributed by atoms with Crippen molar-refractivity contribution in [3.8, 4) is 11.8 Å². The molecule has 2 amide bonds. The van der Waals surface area contributed by atoms with Gasteiger partial charge in [-0.25, -0.2) is 9.67 Å². The molecule has 0 unspecified atom stereocenters. The Kier molecular flexibility index (Phi) is 6.00. The fraction of sp³-hybridized carbons (Fsp3) is 0.190. The van der Waals surface area contributed by atoms with Gasteiger partial charge in [0, 0.05) is 24.3 Å². The standard InChI is InChI=1S/C21H20N6O2/c1-14(2)25-21(29)18-8-5-7-17(26-18)20(28)23-11-15-12-24-27(13-15)19-9-4-3-6-16(19)10-22/h3-9,12-14H,11H2,1-2H3,(H,23,28)(H,25,29). The molecular formula is C21H20N6O2. The third-order valence-corrected chi connectivity index (χ3v) is 3.99. The first-order valence-electron chi connectivity index (χ1n) is 9.07. The lowest BCUT2D eigenvalue weighted by atomic mass is 10.2. The van der Waals surface area contributed by atoms with Crippen LogP contribution in [0.15, 0.2) is 54.9 Å². The number of benzene rings is 1. The summed E-state index contributed by atoms with van der Waals surface area (Å²) in [7, 11) is 0. The van der Waals surface area contributed by atoms with E-state index in [0.717, 1.165) is 5.56 Å². The van der Waals surface area contributed by atoms with Crippen LogP contribution in [0.1, 0.15) is 46.0 Å². The average molecular weight is 388 g/mol. The van der Waals surface area contributed by atoms with E-state index in [2.05, 4.69) is 26.8 Å². The van der Waals surface area contributed by atoms with Gasteiger partial charge in [0.15, 0.2) is 0 Å². The number of pyridine rings is 1. The Labute approximate surface area is 168 Å². The fourth-order valence-electron chi connectivity index (χ4n) is 2.65. The van der Waals surface area contributed by atoms with Crippen molar-refractivity contribution in [1.29, 1.82) is 5.26 Å². The number of hydrogen-bond donors (Lipinski definition) is 2. The number of aromatic nitrogens is 3. The van der Waals surface area contributed by atoms with Crippen LogP contribution in [0.4, 0.5) is 0 Å². The molecule has 0 saturated carbocycles. The summed E-state index contributed by atoms with van der Waals surface area (Å²) in [6, 6.07) is 14.0. The summed E-state index contributed by atoms with van der Waals surface area (Å²) in [5.41, 5.74) is 2.28. The van der Waals surface area contributed by atoms with E-state index in [4.69, 9.17) is 0 Å². The second-order valence-electron chi connectivity index (χ2n) is 6.64. The molecule has 29 heavy (non-hydrogen) atoms. The second kappa shape index (κ2) is 8.80. The van der Waals surface area contributed by atoms with E-state index in [9.17, 15) is 14.9 Å². The van der Waals surface area contributed by atoms with E-state index >= 15 is 0 Å². The van der Waals surface area contributed by atoms with Crippen LogP contribution in [0.5, 0.6) is 0 Å². The largest absolute Gasteiger partial charge is 0.349 e. The second-order valence-corrected chi connectivity index (χ2v) is 6.64. The maximum atomic E-state index is 12.4. The molecule has 8 nitrogen and oxygen atoms in total. The summed E-state index contributed by atoms with van der Waals surface area (Å²) in [6.45, 7) is 3.94. The Morgan fingerprint density at radius 1 is 1.10 bits per heavy atom. The first-order chi connectivity index (χ1) is 14.0. The van der Waals surface area contributed by atoms with Gasteiger partial charge < -0.3 is 10.6 Å². The predicted octanol–water partition coefficient (Wildman–Crippen LogP) is 2.21. The number of carbonyl (C=O) groups is 2. The topological polar surface area (TPSA) is 113 Å². The molecule has 8 heteroatoms. The first kappa shape index (κ1) is 19.8. The van der Waals surface area contributed by atoms with E-state index < -0.39 is 5.91 Å². The van der Waals surface area contributed by atoms with Crippen LogP contribution < -0.4 is 10.6 Å². The Hall–Kier alpha value is -3.99. The molecule has 2 heterocycles. The minimum atomic E-state index is -0.394. The molecule has 0 bridgehead atoms. The van der Waals surface area contributed by atoms with Crippen molar-refractivity contribution in [2.75, 3.05) is 0 Å². The van der Waals surface area contributed by atoms with E-state index in [1.165, 1.54) is 0 Å². The highest BCUT2D eigenvalue weighted by atomic mass is 16.2. The van der Waals surface area contributed by atoms with Crippen LogP contribution in [-0.2, 0) is 6.54 Å². The first-order valence-corrected chi connectivity index (χ1v) is 9.07. The van der Waals surface area contributed by atoms with E-state index in [1.54, 1.807) is 53.5 Å². The van der Waals surface area contributed by atoms with Gasteiger partial charge in [-0.2, -0.15) is 10.4 Å². The lowest BCUT2D eigenvalue weighted by Crippen LogP contribution is -2.31. The van der Waals surface area contributed by atoms with Gasteiger partial charge in [0.25, 0.3) is 11.8 Å². The summed E-state index contributed by atoms with van der Waals surface area (Å²) in [5, 5.41) is 19.0. The van der Waals surface area contributed by atoms with Gasteiger partial charge in [0.2, 0.25) is 0 Å². The lowest BCUT2D eigenvalue weighted by Gasteiger charge is -2.09. The van der Waals surface area contributed by atoms with Gasteiger partial charge >= 0.3 is 0 Å². The zero-order valence-electron chi connectivity index (χ0n) is 16.1. The molecular weight excluding hydrogens is 368 g/mol. The van der Waals surface area contributed by atoms with Gasteiger partial charge in [-0.05, 0) is 38.1 Å². The highest BCUT2D eigenvalue weighted by molar-refractivity contribution is 5.96. The zero-order valence-corrected chi connectivity index (χ0v) is 16.1. The SMILES string of the molecule is CC(C)NC(=O)c1cccc(C(=O)NCc2cnn(-c3ccccc3C#N)c2)n1. The molecule has 2 aromatic heterocycles. The van der Waals surface area contributed by atoms with Crippen molar-refractivity contribution in [3.05, 3.63) is 77.4 Å². The average Bonchev–Trinajstić information content (AvgIpc) is 3.20. The third-order valence-electron chi connectivity index (χ3n) is 3.99. The number of nitrogens with one attached hydrogen (secondary N) is 2. The molecule has 1 aromatic carbocycles. The molecule has 146 valence electrons. The zero-order chi connectivity index (χ0) is 20.8. The molecule has 0 aliphatic heterocycles. The quantitative estimate of drug-likeness (QED) is 0.672. The number of hydrogen-bond acceptors (Lipinski definition) is 5. The third kappa shape index (κ3) is 4.84. The normalized spacial score (nSPS) is 10.4. The van der Waals surface area contributed by atoms with Crippen LogP contribution in [0.25, 0.3) is 5.69 Å². The van der Waals surface area contributed by atoms with Crippen LogP contribution >= 0.6 is 0 Å². The van der Waals surface area contributed by atoms with Crippen molar-refractivity contribution >= 4 is 11.8 Å². The lowest BCUT2D eigenvalue weighted by molar-refractivity contribution is 0.0936. The monoisotopic (exact) mass is 388 g/mol. The fourth-order valence-corrected chi connectivity index (χ4v) is 2.65. The van der Waals surface area contributed by atoms with Crippen molar-refractivity contribution in [1.82, 2.24) is 25.4 Å². The molecule has 0 aliphatic carbocycles. The predicted molar refractivity (Wildman–Crippen MR) is 106 cm³/mol. The summed E-state index contributed by atoms with van der Waals surface area (Å²) in [4.78, 5) is 28.6. The minimum Gasteiger partial charge on any atom is -0.349 e. The minimum absolute atomic E-state index is 0.0236. The Balaban J connectivity index is 1.67. The number of amides is 2. The molecule has 0 saturated heterocycles. The van der Waals surface area contributed by atoms with E-state index in [-0.39, 0.29) is 29.9 Å². The highest BCUT2D eigenvalue weighted by Gasteiger charge is 2.13. The molecule has 2 N–H and O–H groups in total. The van der Waals surface area contributed by atoms with Gasteiger partial charge in [0.1, 0.15) is 17.5 Å². The number of nitriles is 1. The molecule has 0 radical (unpaired) electrons. The summed E-state index contributed by atoms with van der Waals surface area (Å²) < 4.78 is 1.59. The molecule has 0 spiro atoms. The number of rotatable bonds is 6. The smallest absolute Gasteiger partial charge is 0.270 e. The van der Waals surface area contributed by atoms with Crippen LogP contribution in [0.3, 0.4) is 0 Å². The maximum Gasteiger partial charge on any atom is 0.270 e. The maximum absolute atomic E-state index is 12.4. The van der Waals surface area contributed by atoms with Crippen LogP contribution in [-0.4, -0.2) is 32.6 Å². The van der Waals surface area contributed by atoms with Gasteiger partial charge in [-0.1, -0.05) is 18.2 Å². The highest BCUT2D eigenvalue weighted by Crippen LogP contribution is 2.13. The molecule has 0 fully saturated rings. The van der Waals surface area contributed by atoms with Crippen molar-refractivity contribution in [2.24, 2.45) is 0 Å². The van der Waals surface area contributed by atoms with Crippen LogP contribution in [0, 0.1) is 11.3 Å². The van der Waals surface area contributed by atoms with Crippen molar-refractivity contribution in [2.45, 2.75) is 26.4 Å². The van der Waals surface area contributed by atoms with Gasteiger partial charge in [-0.3, -0.25) is 9.59 Å². The molecule has 3 aromatic rings. The Morgan fingerprint density at radius 2 is 1.83 bits per heavy atom. The van der Waals surface area contributed by atoms with E-state index in [0.29, 0.717) is 11.3 Å². The van der Waals surface area contributed by atoms with Crippen molar-refractivity contribution < 1.29 is 9.59 Å². The summed E-state index contributed by atoms with van der Waals surface area (Å²) >= 11 is 0. The molecule has 3 rings (SSSR count). The summed E-state index contributed by atoms with van der Waals surface area (Å²) in [6.07, 6.45) is 3.37. The van der Waals surface area contributed by atoms with E-state index in [1.807, 2.05) is 19.9 Å². The summed E-state index contributed by atoms with van der Waals surface area (Å²) in [5.74, 6) is -0.721. The Bertz CT molecular complexity index is 1080. The number of nitrogens with zero attached hydrogens (tertiary/aromatic N) is 4. The molecule has 0 aliphatic rings. The van der Waals surface area contributed by atoms with Gasteiger partial charge in [-0.15, -0.1) is 0 Å². The van der Waals surface area contributed by atoms with Crippen molar-refractivity contribution in [3.63, 3.8) is 0 Å².